The molecule has 0 atom stereocenters. The molecule has 114 valence electrons. The maximum Gasteiger partial charge on any atom is 0.252 e. The summed E-state index contributed by atoms with van der Waals surface area (Å²) in [5, 5.41) is 2.96. The van der Waals surface area contributed by atoms with Crippen LogP contribution in [0.2, 0.25) is 0 Å². The van der Waals surface area contributed by atoms with E-state index in [2.05, 4.69) is 15.2 Å². The zero-order chi connectivity index (χ0) is 15.2. The smallest absolute Gasteiger partial charge is 0.252 e. The van der Waals surface area contributed by atoms with Crippen molar-refractivity contribution in [1.82, 2.24) is 15.2 Å². The summed E-state index contributed by atoms with van der Waals surface area (Å²) in [6, 6.07) is 13.7. The molecule has 0 radical (unpaired) electrons. The van der Waals surface area contributed by atoms with Crippen molar-refractivity contribution in [3.63, 3.8) is 0 Å². The van der Waals surface area contributed by atoms with Gasteiger partial charge in [0, 0.05) is 24.8 Å². The largest absolute Gasteiger partial charge is 0.351 e. The van der Waals surface area contributed by atoms with Gasteiger partial charge in [-0.2, -0.15) is 0 Å². The Morgan fingerprint density at radius 1 is 1.09 bits per heavy atom. The molecule has 0 unspecified atom stereocenters. The monoisotopic (exact) mass is 295 g/mol. The van der Waals surface area contributed by atoms with Crippen LogP contribution in [0.25, 0.3) is 11.3 Å². The van der Waals surface area contributed by atoms with Crippen molar-refractivity contribution in [3.8, 4) is 11.3 Å². The van der Waals surface area contributed by atoms with E-state index in [0.29, 0.717) is 12.1 Å². The van der Waals surface area contributed by atoms with Gasteiger partial charge in [0.15, 0.2) is 0 Å². The molecule has 0 aliphatic carbocycles. The van der Waals surface area contributed by atoms with Crippen molar-refractivity contribution in [3.05, 3.63) is 54.2 Å². The molecule has 1 N–H and O–H groups in total. The highest BCUT2D eigenvalue weighted by Gasteiger charge is 2.12. The normalized spacial score (nSPS) is 14.9. The molecule has 2 aromatic rings. The van der Waals surface area contributed by atoms with E-state index in [4.69, 9.17) is 0 Å². The van der Waals surface area contributed by atoms with Gasteiger partial charge in [0.1, 0.15) is 0 Å². The minimum Gasteiger partial charge on any atom is -0.351 e. The molecule has 0 spiro atoms. The summed E-state index contributed by atoms with van der Waals surface area (Å²) in [5.74, 6) is -0.0497. The van der Waals surface area contributed by atoms with Crippen molar-refractivity contribution in [2.45, 2.75) is 12.8 Å². The van der Waals surface area contributed by atoms with Gasteiger partial charge >= 0.3 is 0 Å². The predicted molar refractivity (Wildman–Crippen MR) is 87.7 cm³/mol. The summed E-state index contributed by atoms with van der Waals surface area (Å²) >= 11 is 0. The summed E-state index contributed by atoms with van der Waals surface area (Å²) in [5.41, 5.74) is 2.55. The van der Waals surface area contributed by atoms with Crippen molar-refractivity contribution in [1.29, 1.82) is 0 Å². The first kappa shape index (κ1) is 14.7. The van der Waals surface area contributed by atoms with Crippen molar-refractivity contribution < 1.29 is 4.79 Å². The number of nitrogens with zero attached hydrogens (tertiary/aromatic N) is 2. The van der Waals surface area contributed by atoms with Gasteiger partial charge < -0.3 is 10.2 Å². The van der Waals surface area contributed by atoms with E-state index in [1.165, 1.54) is 12.8 Å². The van der Waals surface area contributed by atoms with Crippen LogP contribution < -0.4 is 5.32 Å². The third-order valence-corrected chi connectivity index (χ3v) is 4.01. The molecule has 22 heavy (non-hydrogen) atoms. The van der Waals surface area contributed by atoms with Crippen LogP contribution in [0.1, 0.15) is 23.2 Å². The summed E-state index contributed by atoms with van der Waals surface area (Å²) in [6.45, 7) is 3.94. The van der Waals surface area contributed by atoms with Crippen molar-refractivity contribution in [2.75, 3.05) is 26.2 Å². The molecule has 1 fully saturated rings. The van der Waals surface area contributed by atoms with Crippen LogP contribution in [-0.2, 0) is 0 Å². The number of aromatic nitrogens is 1. The van der Waals surface area contributed by atoms with Gasteiger partial charge in [-0.15, -0.1) is 0 Å². The standard InChI is InChI=1S/C18H21N3O/c22-18(19-10-13-21-11-4-5-12-21)16-8-9-17(20-14-16)15-6-2-1-3-7-15/h1-3,6-9,14H,4-5,10-13H2,(H,19,22). The lowest BCUT2D eigenvalue weighted by molar-refractivity contribution is 0.0949. The van der Waals surface area contributed by atoms with Crippen LogP contribution >= 0.6 is 0 Å². The van der Waals surface area contributed by atoms with E-state index in [9.17, 15) is 4.79 Å². The van der Waals surface area contributed by atoms with Crippen LogP contribution in [0.15, 0.2) is 48.7 Å². The Bertz CT molecular complexity index is 604. The first-order valence-electron chi connectivity index (χ1n) is 7.85. The second kappa shape index (κ2) is 7.18. The zero-order valence-electron chi connectivity index (χ0n) is 12.7. The summed E-state index contributed by atoms with van der Waals surface area (Å²) < 4.78 is 0. The first-order valence-corrected chi connectivity index (χ1v) is 7.85. The van der Waals surface area contributed by atoms with E-state index in [-0.39, 0.29) is 5.91 Å². The fourth-order valence-electron chi connectivity index (χ4n) is 2.74. The van der Waals surface area contributed by atoms with E-state index in [0.717, 1.165) is 30.9 Å². The Kier molecular flexibility index (Phi) is 4.81. The molecule has 1 aromatic heterocycles. The van der Waals surface area contributed by atoms with Crippen molar-refractivity contribution >= 4 is 5.91 Å². The second-order valence-electron chi connectivity index (χ2n) is 5.60. The third kappa shape index (κ3) is 3.71. The second-order valence-corrected chi connectivity index (χ2v) is 5.60. The Labute approximate surface area is 131 Å². The van der Waals surface area contributed by atoms with E-state index in [1.807, 2.05) is 42.5 Å². The van der Waals surface area contributed by atoms with Crippen molar-refractivity contribution in [2.24, 2.45) is 0 Å². The Hall–Kier alpha value is -2.20. The number of nitrogens with one attached hydrogen (secondary N) is 1. The molecule has 0 saturated carbocycles. The fourth-order valence-corrected chi connectivity index (χ4v) is 2.74. The summed E-state index contributed by atoms with van der Waals surface area (Å²) in [7, 11) is 0. The average Bonchev–Trinajstić information content (AvgIpc) is 3.09. The average molecular weight is 295 g/mol. The molecular weight excluding hydrogens is 274 g/mol. The number of hydrogen-bond acceptors (Lipinski definition) is 3. The van der Waals surface area contributed by atoms with Gasteiger partial charge in [-0.25, -0.2) is 0 Å². The van der Waals surface area contributed by atoms with Crippen LogP contribution in [0.4, 0.5) is 0 Å². The van der Waals surface area contributed by atoms with Crippen LogP contribution in [0.3, 0.4) is 0 Å². The fraction of sp³-hybridized carbons (Fsp3) is 0.333. The molecule has 4 heteroatoms. The lowest BCUT2D eigenvalue weighted by Crippen LogP contribution is -2.33. The molecule has 1 amide bonds. The Morgan fingerprint density at radius 3 is 2.55 bits per heavy atom. The summed E-state index contributed by atoms with van der Waals surface area (Å²) in [4.78, 5) is 18.9. The van der Waals surface area contributed by atoms with Gasteiger partial charge in [0.2, 0.25) is 0 Å². The number of amides is 1. The van der Waals surface area contributed by atoms with Gasteiger partial charge in [0.25, 0.3) is 5.91 Å². The zero-order valence-corrected chi connectivity index (χ0v) is 12.7. The minimum atomic E-state index is -0.0497. The van der Waals surface area contributed by atoms with E-state index >= 15 is 0 Å². The number of carbonyl (C=O) groups is 1. The molecule has 1 saturated heterocycles. The minimum absolute atomic E-state index is 0.0497. The van der Waals surface area contributed by atoms with Gasteiger partial charge in [-0.1, -0.05) is 30.3 Å². The molecule has 0 bridgehead atoms. The number of likely N-dealkylation sites (tertiary alicyclic amines) is 1. The predicted octanol–water partition coefficient (Wildman–Crippen LogP) is 2.57. The number of benzene rings is 1. The topological polar surface area (TPSA) is 45.2 Å². The van der Waals surface area contributed by atoms with Crippen LogP contribution in [-0.4, -0.2) is 42.0 Å². The number of rotatable bonds is 5. The number of carbonyl (C=O) groups excluding carboxylic acids is 1. The van der Waals surface area contributed by atoms with Gasteiger partial charge in [-0.3, -0.25) is 9.78 Å². The third-order valence-electron chi connectivity index (χ3n) is 4.01. The molecule has 1 aromatic carbocycles. The highest BCUT2D eigenvalue weighted by Crippen LogP contribution is 2.16. The molecule has 1 aliphatic heterocycles. The molecule has 4 nitrogen and oxygen atoms in total. The highest BCUT2D eigenvalue weighted by atomic mass is 16.1. The lowest BCUT2D eigenvalue weighted by Gasteiger charge is -2.14. The van der Waals surface area contributed by atoms with Crippen LogP contribution in [0.5, 0.6) is 0 Å². The SMILES string of the molecule is O=C(NCCN1CCCC1)c1ccc(-c2ccccc2)nc1. The Balaban J connectivity index is 1.54. The van der Waals surface area contributed by atoms with E-state index < -0.39 is 0 Å². The quantitative estimate of drug-likeness (QED) is 0.922. The number of pyridine rings is 1. The van der Waals surface area contributed by atoms with Gasteiger partial charge in [-0.05, 0) is 38.1 Å². The molecular formula is C18H21N3O. The first-order chi connectivity index (χ1) is 10.8. The van der Waals surface area contributed by atoms with E-state index in [1.54, 1.807) is 6.20 Å². The van der Waals surface area contributed by atoms with Gasteiger partial charge in [0.05, 0.1) is 11.3 Å². The number of hydrogen-bond donors (Lipinski definition) is 1. The Morgan fingerprint density at radius 2 is 1.86 bits per heavy atom. The highest BCUT2D eigenvalue weighted by molar-refractivity contribution is 5.94. The van der Waals surface area contributed by atoms with Crippen LogP contribution in [0, 0.1) is 0 Å². The molecule has 1 aliphatic rings. The maximum absolute atomic E-state index is 12.1. The molecule has 3 rings (SSSR count). The molecule has 2 heterocycles. The summed E-state index contributed by atoms with van der Waals surface area (Å²) in [6.07, 6.45) is 4.20. The maximum atomic E-state index is 12.1. The lowest BCUT2D eigenvalue weighted by atomic mass is 10.1.